The number of amides is 1. The second kappa shape index (κ2) is 6.23. The molecular formula is C13H17N3O4. The summed E-state index contributed by atoms with van der Waals surface area (Å²) < 4.78 is 5.31. The molecule has 0 radical (unpaired) electrons. The lowest BCUT2D eigenvalue weighted by molar-refractivity contribution is -0.384. The van der Waals surface area contributed by atoms with Gasteiger partial charge in [0.25, 0.3) is 5.69 Å². The van der Waals surface area contributed by atoms with Crippen LogP contribution in [-0.2, 0) is 4.79 Å². The fraction of sp³-hybridized carbons (Fsp3) is 0.462. The van der Waals surface area contributed by atoms with Crippen molar-refractivity contribution in [3.8, 4) is 5.75 Å². The second-order valence-corrected chi connectivity index (χ2v) is 4.59. The number of nitrogens with one attached hydrogen (secondary N) is 2. The Labute approximate surface area is 116 Å². The van der Waals surface area contributed by atoms with Crippen molar-refractivity contribution in [3.63, 3.8) is 0 Å². The van der Waals surface area contributed by atoms with E-state index < -0.39 is 4.92 Å². The molecule has 1 fully saturated rings. The minimum Gasteiger partial charge on any atom is -0.494 e. The molecule has 0 bridgehead atoms. The summed E-state index contributed by atoms with van der Waals surface area (Å²) in [4.78, 5) is 21.5. The number of nitro groups is 1. The molecule has 1 unspecified atom stereocenters. The van der Waals surface area contributed by atoms with Crippen molar-refractivity contribution in [1.82, 2.24) is 5.32 Å². The van der Waals surface area contributed by atoms with Gasteiger partial charge in [-0.25, -0.2) is 0 Å². The Morgan fingerprint density at radius 2 is 2.30 bits per heavy atom. The van der Waals surface area contributed by atoms with Gasteiger partial charge in [-0.2, -0.15) is 0 Å². The molecule has 2 N–H and O–H groups in total. The van der Waals surface area contributed by atoms with Crippen molar-refractivity contribution in [1.29, 1.82) is 0 Å². The molecule has 1 aromatic rings. The van der Waals surface area contributed by atoms with Gasteiger partial charge >= 0.3 is 0 Å². The van der Waals surface area contributed by atoms with Crippen LogP contribution in [0.4, 0.5) is 11.4 Å². The van der Waals surface area contributed by atoms with E-state index in [1.165, 1.54) is 12.1 Å². The third kappa shape index (κ3) is 3.59. The zero-order chi connectivity index (χ0) is 14.5. The van der Waals surface area contributed by atoms with Gasteiger partial charge in [-0.3, -0.25) is 14.9 Å². The molecule has 20 heavy (non-hydrogen) atoms. The van der Waals surface area contributed by atoms with E-state index in [1.807, 2.05) is 6.92 Å². The quantitative estimate of drug-likeness (QED) is 0.610. The number of hydrogen-bond acceptors (Lipinski definition) is 5. The summed E-state index contributed by atoms with van der Waals surface area (Å²) >= 11 is 0. The van der Waals surface area contributed by atoms with Crippen LogP contribution in [0.1, 0.15) is 19.8 Å². The number of nitro benzene ring substituents is 1. The van der Waals surface area contributed by atoms with Gasteiger partial charge in [0.15, 0.2) is 0 Å². The van der Waals surface area contributed by atoms with Crippen molar-refractivity contribution in [3.05, 3.63) is 28.3 Å². The topological polar surface area (TPSA) is 93.5 Å². The normalized spacial score (nSPS) is 17.6. The van der Waals surface area contributed by atoms with Crippen LogP contribution in [0.3, 0.4) is 0 Å². The standard InChI is InChI=1S/C13H17N3O4/c1-2-20-12-6-10(5-11(7-12)16(18)19)14-8-9-3-4-13(17)15-9/h5-7,9,14H,2-4,8H2,1H3,(H,15,17). The molecule has 7 heteroatoms. The molecule has 1 saturated heterocycles. The molecule has 2 rings (SSSR count). The number of non-ortho nitro benzene ring substituents is 1. The molecule has 0 aromatic heterocycles. The lowest BCUT2D eigenvalue weighted by Crippen LogP contribution is -2.31. The Bertz CT molecular complexity index is 518. The van der Waals surface area contributed by atoms with Crippen molar-refractivity contribution in [2.45, 2.75) is 25.8 Å². The predicted molar refractivity (Wildman–Crippen MR) is 73.9 cm³/mol. The third-order valence-electron chi connectivity index (χ3n) is 3.05. The highest BCUT2D eigenvalue weighted by molar-refractivity contribution is 5.78. The number of ether oxygens (including phenoxy) is 1. The number of benzene rings is 1. The molecular weight excluding hydrogens is 262 g/mol. The molecule has 1 heterocycles. The van der Waals surface area contributed by atoms with Gasteiger partial charge in [0.05, 0.1) is 17.6 Å². The average molecular weight is 279 g/mol. The van der Waals surface area contributed by atoms with Gasteiger partial charge in [0, 0.05) is 36.8 Å². The maximum Gasteiger partial charge on any atom is 0.275 e. The minimum absolute atomic E-state index is 0.0195. The number of carbonyl (C=O) groups excluding carboxylic acids is 1. The summed E-state index contributed by atoms with van der Waals surface area (Å²) in [5.74, 6) is 0.505. The van der Waals surface area contributed by atoms with Crippen LogP contribution < -0.4 is 15.4 Å². The fourth-order valence-electron chi connectivity index (χ4n) is 2.11. The van der Waals surface area contributed by atoms with Crippen molar-refractivity contribution < 1.29 is 14.5 Å². The van der Waals surface area contributed by atoms with Gasteiger partial charge in [-0.1, -0.05) is 0 Å². The number of rotatable bonds is 6. The lowest BCUT2D eigenvalue weighted by atomic mass is 10.2. The molecule has 108 valence electrons. The van der Waals surface area contributed by atoms with E-state index >= 15 is 0 Å². The van der Waals surface area contributed by atoms with Gasteiger partial charge in [0.1, 0.15) is 5.75 Å². The smallest absolute Gasteiger partial charge is 0.275 e. The van der Waals surface area contributed by atoms with E-state index in [4.69, 9.17) is 4.74 Å². The molecule has 1 aliphatic heterocycles. The largest absolute Gasteiger partial charge is 0.494 e. The van der Waals surface area contributed by atoms with Crippen LogP contribution in [0, 0.1) is 10.1 Å². The molecule has 0 aliphatic carbocycles. The Hall–Kier alpha value is -2.31. The number of carbonyl (C=O) groups is 1. The van der Waals surface area contributed by atoms with Crippen LogP contribution in [0.25, 0.3) is 0 Å². The van der Waals surface area contributed by atoms with E-state index in [0.717, 1.165) is 6.42 Å². The molecule has 1 atom stereocenters. The van der Waals surface area contributed by atoms with E-state index in [0.29, 0.717) is 31.0 Å². The second-order valence-electron chi connectivity index (χ2n) is 4.59. The SMILES string of the molecule is CCOc1cc(NCC2CCC(=O)N2)cc([N+](=O)[O-])c1. The van der Waals surface area contributed by atoms with Gasteiger partial charge in [-0.05, 0) is 13.3 Å². The predicted octanol–water partition coefficient (Wildman–Crippen LogP) is 1.68. The van der Waals surface area contributed by atoms with Crippen LogP contribution in [0.2, 0.25) is 0 Å². The van der Waals surface area contributed by atoms with E-state index in [2.05, 4.69) is 10.6 Å². The van der Waals surface area contributed by atoms with E-state index in [-0.39, 0.29) is 17.6 Å². The lowest BCUT2D eigenvalue weighted by Gasteiger charge is -2.13. The molecule has 0 spiro atoms. The Kier molecular flexibility index (Phi) is 4.39. The Balaban J connectivity index is 2.05. The monoisotopic (exact) mass is 279 g/mol. The van der Waals surface area contributed by atoms with Gasteiger partial charge in [0.2, 0.25) is 5.91 Å². The van der Waals surface area contributed by atoms with E-state index in [1.54, 1.807) is 6.07 Å². The first-order chi connectivity index (χ1) is 9.58. The van der Waals surface area contributed by atoms with Crippen molar-refractivity contribution in [2.75, 3.05) is 18.5 Å². The van der Waals surface area contributed by atoms with Crippen molar-refractivity contribution in [2.24, 2.45) is 0 Å². The van der Waals surface area contributed by atoms with Gasteiger partial charge < -0.3 is 15.4 Å². The Morgan fingerprint density at radius 3 is 2.90 bits per heavy atom. The maximum absolute atomic E-state index is 11.1. The Morgan fingerprint density at radius 1 is 1.50 bits per heavy atom. The first-order valence-electron chi connectivity index (χ1n) is 6.54. The average Bonchev–Trinajstić information content (AvgIpc) is 2.82. The van der Waals surface area contributed by atoms with Gasteiger partial charge in [-0.15, -0.1) is 0 Å². The minimum atomic E-state index is -0.453. The number of anilines is 1. The summed E-state index contributed by atoms with van der Waals surface area (Å²) in [6.45, 7) is 2.80. The first-order valence-corrected chi connectivity index (χ1v) is 6.54. The van der Waals surface area contributed by atoms with E-state index in [9.17, 15) is 14.9 Å². The highest BCUT2D eigenvalue weighted by Gasteiger charge is 2.20. The maximum atomic E-state index is 11.1. The summed E-state index contributed by atoms with van der Waals surface area (Å²) in [6, 6.07) is 4.63. The van der Waals surface area contributed by atoms with Crippen LogP contribution >= 0.6 is 0 Å². The molecule has 1 amide bonds. The number of hydrogen-bond donors (Lipinski definition) is 2. The molecule has 1 aromatic carbocycles. The molecule has 1 aliphatic rings. The zero-order valence-electron chi connectivity index (χ0n) is 11.2. The molecule has 0 saturated carbocycles. The number of nitrogens with zero attached hydrogens (tertiary/aromatic N) is 1. The summed E-state index contributed by atoms with van der Waals surface area (Å²) in [5.41, 5.74) is 0.595. The van der Waals surface area contributed by atoms with Crippen LogP contribution in [0.15, 0.2) is 18.2 Å². The third-order valence-corrected chi connectivity index (χ3v) is 3.05. The van der Waals surface area contributed by atoms with Crippen LogP contribution in [0.5, 0.6) is 5.75 Å². The summed E-state index contributed by atoms with van der Waals surface area (Å²) in [7, 11) is 0. The highest BCUT2D eigenvalue weighted by atomic mass is 16.6. The summed E-state index contributed by atoms with van der Waals surface area (Å²) in [6.07, 6.45) is 1.31. The fourth-order valence-corrected chi connectivity index (χ4v) is 2.11. The van der Waals surface area contributed by atoms with Crippen LogP contribution in [-0.4, -0.2) is 30.0 Å². The first kappa shape index (κ1) is 14.1. The zero-order valence-corrected chi connectivity index (χ0v) is 11.2. The molecule has 7 nitrogen and oxygen atoms in total. The summed E-state index contributed by atoms with van der Waals surface area (Å²) in [5, 5.41) is 16.8. The highest BCUT2D eigenvalue weighted by Crippen LogP contribution is 2.26. The van der Waals surface area contributed by atoms with Crippen molar-refractivity contribution >= 4 is 17.3 Å².